The fraction of sp³-hybridized carbons (Fsp3) is 0.588. The number of aryl methyl sites for hydroxylation is 1. The molecule has 2 aliphatic rings. The minimum Gasteiger partial charge on any atom is -0.383 e. The van der Waals surface area contributed by atoms with Gasteiger partial charge < -0.3 is 9.64 Å². The molecule has 1 aromatic carbocycles. The van der Waals surface area contributed by atoms with Gasteiger partial charge in [-0.15, -0.1) is 0 Å². The lowest BCUT2D eigenvalue weighted by Crippen LogP contribution is -2.42. The topological polar surface area (TPSA) is 41.6 Å². The maximum absolute atomic E-state index is 12.9. The van der Waals surface area contributed by atoms with Crippen molar-refractivity contribution >= 4 is 5.91 Å². The van der Waals surface area contributed by atoms with Crippen molar-refractivity contribution < 1.29 is 9.53 Å². The van der Waals surface area contributed by atoms with Crippen molar-refractivity contribution in [3.63, 3.8) is 0 Å². The average molecular weight is 288 g/mol. The monoisotopic (exact) mass is 288 g/mol. The van der Waals surface area contributed by atoms with Gasteiger partial charge in [-0.25, -0.2) is 0 Å². The van der Waals surface area contributed by atoms with E-state index in [1.807, 2.05) is 17.0 Å². The second-order valence-electron chi connectivity index (χ2n) is 6.22. The van der Waals surface area contributed by atoms with Gasteiger partial charge in [0.05, 0.1) is 12.6 Å². The van der Waals surface area contributed by atoms with Crippen molar-refractivity contribution in [2.75, 3.05) is 13.7 Å². The number of nitrogens with zero attached hydrogens (tertiary/aromatic N) is 1. The maximum Gasteiger partial charge on any atom is 0.244 e. The Bertz CT molecular complexity index is 539. The molecule has 2 atom stereocenters. The largest absolute Gasteiger partial charge is 0.383 e. The summed E-state index contributed by atoms with van der Waals surface area (Å²) in [5, 5.41) is 3.59. The molecule has 2 unspecified atom stereocenters. The fourth-order valence-corrected chi connectivity index (χ4v) is 3.33. The van der Waals surface area contributed by atoms with Crippen LogP contribution < -0.4 is 5.32 Å². The molecule has 1 aromatic rings. The summed E-state index contributed by atoms with van der Waals surface area (Å²) in [6.07, 6.45) is 2.78. The van der Waals surface area contributed by atoms with Crippen molar-refractivity contribution in [2.24, 2.45) is 0 Å². The Morgan fingerprint density at radius 2 is 2.14 bits per heavy atom. The van der Waals surface area contributed by atoms with Gasteiger partial charge in [0.1, 0.15) is 11.7 Å². The third-order valence-corrected chi connectivity index (χ3v) is 4.79. The first-order chi connectivity index (χ1) is 10.1. The summed E-state index contributed by atoms with van der Waals surface area (Å²) >= 11 is 0. The molecular formula is C17H24N2O2. The summed E-state index contributed by atoms with van der Waals surface area (Å²) < 4.78 is 5.34. The Balaban J connectivity index is 1.97. The minimum absolute atomic E-state index is 0.0266. The third kappa shape index (κ3) is 2.36. The quantitative estimate of drug-likeness (QED) is 0.904. The second-order valence-corrected chi connectivity index (χ2v) is 6.22. The lowest BCUT2D eigenvalue weighted by molar-refractivity contribution is -0.134. The summed E-state index contributed by atoms with van der Waals surface area (Å²) in [7, 11) is 1.70. The van der Waals surface area contributed by atoms with E-state index in [9.17, 15) is 4.79 Å². The molecule has 1 aliphatic heterocycles. The highest BCUT2D eigenvalue weighted by molar-refractivity contribution is 5.92. The van der Waals surface area contributed by atoms with Gasteiger partial charge in [0, 0.05) is 7.11 Å². The van der Waals surface area contributed by atoms with Gasteiger partial charge >= 0.3 is 0 Å². The molecule has 21 heavy (non-hydrogen) atoms. The van der Waals surface area contributed by atoms with Gasteiger partial charge in [-0.1, -0.05) is 31.2 Å². The number of methoxy groups -OCH3 is 1. The average Bonchev–Trinajstić information content (AvgIpc) is 3.21. The number of amides is 1. The van der Waals surface area contributed by atoms with E-state index >= 15 is 0 Å². The summed E-state index contributed by atoms with van der Waals surface area (Å²) in [4.78, 5) is 14.9. The van der Waals surface area contributed by atoms with Crippen LogP contribution in [0, 0.1) is 6.92 Å². The summed E-state index contributed by atoms with van der Waals surface area (Å²) in [5.41, 5.74) is 2.12. The number of hydrogen-bond donors (Lipinski definition) is 1. The number of carbonyl (C=O) groups excluding carboxylic acids is 1. The highest BCUT2D eigenvalue weighted by Gasteiger charge is 2.60. The Kier molecular flexibility index (Phi) is 3.76. The van der Waals surface area contributed by atoms with E-state index in [1.165, 1.54) is 11.1 Å². The van der Waals surface area contributed by atoms with Crippen LogP contribution in [-0.4, -0.2) is 36.1 Å². The lowest BCUT2D eigenvalue weighted by Gasteiger charge is -2.32. The molecule has 1 aliphatic carbocycles. The van der Waals surface area contributed by atoms with Crippen LogP contribution in [0.2, 0.25) is 0 Å². The zero-order chi connectivity index (χ0) is 15.0. The molecule has 1 saturated carbocycles. The van der Waals surface area contributed by atoms with Crippen molar-refractivity contribution in [1.29, 1.82) is 0 Å². The molecule has 4 nitrogen and oxygen atoms in total. The molecule has 4 heteroatoms. The number of benzene rings is 1. The van der Waals surface area contributed by atoms with E-state index in [-0.39, 0.29) is 23.7 Å². The maximum atomic E-state index is 12.9. The van der Waals surface area contributed by atoms with Gasteiger partial charge in [-0.3, -0.25) is 10.1 Å². The van der Waals surface area contributed by atoms with Crippen LogP contribution in [0.15, 0.2) is 24.3 Å². The highest BCUT2D eigenvalue weighted by Crippen LogP contribution is 2.47. The van der Waals surface area contributed by atoms with Crippen LogP contribution in [0.5, 0.6) is 0 Å². The number of rotatable bonds is 5. The number of hydrogen-bond acceptors (Lipinski definition) is 3. The van der Waals surface area contributed by atoms with Crippen LogP contribution in [0.25, 0.3) is 0 Å². The van der Waals surface area contributed by atoms with Gasteiger partial charge in [-0.05, 0) is 37.3 Å². The minimum atomic E-state index is -0.298. The Labute approximate surface area is 126 Å². The smallest absolute Gasteiger partial charge is 0.244 e. The van der Waals surface area contributed by atoms with E-state index in [0.29, 0.717) is 6.61 Å². The molecule has 1 saturated heterocycles. The van der Waals surface area contributed by atoms with Crippen LogP contribution in [0.4, 0.5) is 0 Å². The third-order valence-electron chi connectivity index (χ3n) is 4.79. The lowest BCUT2D eigenvalue weighted by atomic mass is 10.0. The van der Waals surface area contributed by atoms with E-state index in [1.54, 1.807) is 7.11 Å². The first kappa shape index (κ1) is 14.5. The Hall–Kier alpha value is -1.39. The van der Waals surface area contributed by atoms with Crippen molar-refractivity contribution in [3.05, 3.63) is 35.4 Å². The number of ether oxygens (including phenoxy) is 1. The van der Waals surface area contributed by atoms with Crippen LogP contribution >= 0.6 is 0 Å². The summed E-state index contributed by atoms with van der Waals surface area (Å²) in [6.45, 7) is 4.81. The molecule has 1 heterocycles. The van der Waals surface area contributed by atoms with E-state index in [4.69, 9.17) is 4.74 Å². The highest BCUT2D eigenvalue weighted by atomic mass is 16.5. The molecule has 1 N–H and O–H groups in total. The number of nitrogens with one attached hydrogen (secondary N) is 1. The van der Waals surface area contributed by atoms with Crippen molar-refractivity contribution in [2.45, 2.75) is 50.9 Å². The molecule has 3 rings (SSSR count). The predicted molar refractivity (Wildman–Crippen MR) is 81.8 cm³/mol. The van der Waals surface area contributed by atoms with Crippen molar-refractivity contribution in [3.8, 4) is 0 Å². The van der Waals surface area contributed by atoms with E-state index < -0.39 is 0 Å². The molecule has 1 amide bonds. The van der Waals surface area contributed by atoms with Gasteiger partial charge in [0.25, 0.3) is 0 Å². The molecule has 0 aromatic heterocycles. The number of carbonyl (C=O) groups is 1. The SMILES string of the molecule is CCC(COC)N1C(=O)C2(CC2)NC1c1ccccc1C. The molecule has 2 fully saturated rings. The van der Waals surface area contributed by atoms with E-state index in [2.05, 4.69) is 31.3 Å². The van der Waals surface area contributed by atoms with E-state index in [0.717, 1.165) is 19.3 Å². The first-order valence-electron chi connectivity index (χ1n) is 7.78. The van der Waals surface area contributed by atoms with Crippen molar-refractivity contribution in [1.82, 2.24) is 10.2 Å². The van der Waals surface area contributed by atoms with Gasteiger partial charge in [0.2, 0.25) is 5.91 Å². The van der Waals surface area contributed by atoms with Gasteiger partial charge in [0.15, 0.2) is 0 Å². The van der Waals surface area contributed by atoms with Gasteiger partial charge in [-0.2, -0.15) is 0 Å². The Morgan fingerprint density at radius 1 is 1.43 bits per heavy atom. The van der Waals surface area contributed by atoms with Crippen LogP contribution in [-0.2, 0) is 9.53 Å². The first-order valence-corrected chi connectivity index (χ1v) is 7.78. The molecule has 0 radical (unpaired) electrons. The molecule has 114 valence electrons. The summed E-state index contributed by atoms with van der Waals surface area (Å²) in [5.74, 6) is 0.250. The second kappa shape index (κ2) is 5.43. The molecular weight excluding hydrogens is 264 g/mol. The zero-order valence-electron chi connectivity index (χ0n) is 13.1. The van der Waals surface area contributed by atoms with Crippen LogP contribution in [0.3, 0.4) is 0 Å². The van der Waals surface area contributed by atoms with Crippen LogP contribution in [0.1, 0.15) is 43.5 Å². The molecule has 0 bridgehead atoms. The zero-order valence-corrected chi connectivity index (χ0v) is 13.1. The standard InChI is InChI=1S/C17H24N2O2/c1-4-13(11-21-3)19-15(14-8-6-5-7-12(14)2)18-17(9-10-17)16(19)20/h5-8,13,15,18H,4,9-11H2,1-3H3. The predicted octanol–water partition coefficient (Wildman–Crippen LogP) is 2.38. The molecule has 1 spiro atoms. The normalized spacial score (nSPS) is 24.6. The fourth-order valence-electron chi connectivity index (χ4n) is 3.33. The summed E-state index contributed by atoms with van der Waals surface area (Å²) in [6, 6.07) is 8.43. The Morgan fingerprint density at radius 3 is 2.71 bits per heavy atom.